The van der Waals surface area contributed by atoms with E-state index in [1.165, 1.54) is 0 Å². The smallest absolute Gasteiger partial charge is 0.0957 e. The summed E-state index contributed by atoms with van der Waals surface area (Å²) in [7, 11) is 0. The van der Waals surface area contributed by atoms with Crippen LogP contribution in [0.5, 0.6) is 0 Å². The predicted molar refractivity (Wildman–Crippen MR) is 101 cm³/mol. The van der Waals surface area contributed by atoms with Crippen LogP contribution in [0.3, 0.4) is 0 Å². The van der Waals surface area contributed by atoms with Gasteiger partial charge in [0.1, 0.15) is 0 Å². The molecule has 0 bridgehead atoms. The van der Waals surface area contributed by atoms with E-state index >= 15 is 0 Å². The molecule has 5 nitrogen and oxygen atoms in total. The lowest BCUT2D eigenvalue weighted by Crippen LogP contribution is -2.11. The first-order chi connectivity index (χ1) is 12.9. The molecular weight excluding hydrogens is 328 g/mol. The van der Waals surface area contributed by atoms with E-state index in [2.05, 4.69) is 33.8 Å². The second kappa shape index (κ2) is 9.87. The zero-order valence-corrected chi connectivity index (χ0v) is 14.8. The summed E-state index contributed by atoms with van der Waals surface area (Å²) in [6.07, 6.45) is 1.83. The van der Waals surface area contributed by atoms with Crippen molar-refractivity contribution in [2.75, 3.05) is 19.8 Å². The molecule has 5 heteroatoms. The molecule has 2 aromatic carbocycles. The van der Waals surface area contributed by atoms with Crippen LogP contribution in [0.2, 0.25) is 0 Å². The number of aromatic nitrogens is 2. The van der Waals surface area contributed by atoms with Gasteiger partial charge in [0.05, 0.1) is 50.7 Å². The molecule has 0 amide bonds. The Morgan fingerprint density at radius 2 is 1.58 bits per heavy atom. The number of imidazole rings is 1. The first-order valence-electron chi connectivity index (χ1n) is 8.78. The molecule has 0 unspecified atom stereocenters. The maximum Gasteiger partial charge on any atom is 0.0957 e. The molecule has 26 heavy (non-hydrogen) atoms. The van der Waals surface area contributed by atoms with Crippen LogP contribution in [0, 0.1) is 0 Å². The van der Waals surface area contributed by atoms with Gasteiger partial charge in [0, 0.05) is 12.1 Å². The van der Waals surface area contributed by atoms with Crippen LogP contribution in [0.25, 0.3) is 11.3 Å². The van der Waals surface area contributed by atoms with Crippen LogP contribution >= 0.6 is 0 Å². The van der Waals surface area contributed by atoms with Crippen molar-refractivity contribution in [1.29, 1.82) is 0 Å². The molecule has 1 aromatic heterocycles. The summed E-state index contributed by atoms with van der Waals surface area (Å²) >= 11 is 0. The fourth-order valence-corrected chi connectivity index (χ4v) is 2.76. The van der Waals surface area contributed by atoms with Gasteiger partial charge in [0.25, 0.3) is 0 Å². The number of benzene rings is 2. The molecule has 0 spiro atoms. The lowest BCUT2D eigenvalue weighted by atomic mass is 10.1. The fraction of sp³-hybridized carbons (Fsp3) is 0.286. The molecule has 0 aliphatic heterocycles. The summed E-state index contributed by atoms with van der Waals surface area (Å²) < 4.78 is 13.4. The van der Waals surface area contributed by atoms with Gasteiger partial charge >= 0.3 is 0 Å². The Hall–Kier alpha value is -2.47. The Balaban J connectivity index is 1.71. The Morgan fingerprint density at radius 1 is 0.846 bits per heavy atom. The monoisotopic (exact) mass is 352 g/mol. The molecule has 0 saturated carbocycles. The molecule has 0 fully saturated rings. The van der Waals surface area contributed by atoms with Gasteiger partial charge in [-0.3, -0.25) is 0 Å². The number of ether oxygens (including phenoxy) is 2. The molecule has 0 saturated heterocycles. The maximum absolute atomic E-state index is 8.83. The standard InChI is InChI=1S/C21H24N2O3/c24-12-14-25-13-11-23-17-22-21(19-9-5-2-6-10-19)20(23)16-26-15-18-7-3-1-4-8-18/h1-10,17,24H,11-16H2. The SMILES string of the molecule is OCCOCCn1cnc(-c2ccccc2)c1COCc1ccccc1. The Kier molecular flexibility index (Phi) is 6.96. The number of hydrogen-bond acceptors (Lipinski definition) is 4. The average molecular weight is 352 g/mol. The van der Waals surface area contributed by atoms with Gasteiger partial charge < -0.3 is 19.1 Å². The second-order valence-electron chi connectivity index (χ2n) is 5.91. The van der Waals surface area contributed by atoms with Gasteiger partial charge in [-0.2, -0.15) is 0 Å². The van der Waals surface area contributed by atoms with Crippen molar-refractivity contribution >= 4 is 0 Å². The van der Waals surface area contributed by atoms with Crippen LogP contribution in [0.15, 0.2) is 67.0 Å². The van der Waals surface area contributed by atoms with Crippen molar-refractivity contribution in [1.82, 2.24) is 9.55 Å². The van der Waals surface area contributed by atoms with Crippen LogP contribution in [0.1, 0.15) is 11.3 Å². The number of nitrogens with zero attached hydrogens (tertiary/aromatic N) is 2. The first-order valence-corrected chi connectivity index (χ1v) is 8.78. The number of aliphatic hydroxyl groups excluding tert-OH is 1. The minimum atomic E-state index is 0.0340. The summed E-state index contributed by atoms with van der Waals surface area (Å²) in [5, 5.41) is 8.83. The third-order valence-corrected chi connectivity index (χ3v) is 4.06. The fourth-order valence-electron chi connectivity index (χ4n) is 2.76. The van der Waals surface area contributed by atoms with Crippen molar-refractivity contribution in [2.45, 2.75) is 19.8 Å². The highest BCUT2D eigenvalue weighted by atomic mass is 16.5. The van der Waals surface area contributed by atoms with Crippen molar-refractivity contribution in [3.05, 3.63) is 78.2 Å². The van der Waals surface area contributed by atoms with Crippen LogP contribution in [-0.4, -0.2) is 34.5 Å². The van der Waals surface area contributed by atoms with Crippen molar-refractivity contribution < 1.29 is 14.6 Å². The number of hydrogen-bond donors (Lipinski definition) is 1. The molecule has 136 valence electrons. The van der Waals surface area contributed by atoms with Crippen molar-refractivity contribution in [3.63, 3.8) is 0 Å². The van der Waals surface area contributed by atoms with E-state index in [1.807, 2.05) is 42.7 Å². The summed E-state index contributed by atoms with van der Waals surface area (Å²) in [4.78, 5) is 4.59. The summed E-state index contributed by atoms with van der Waals surface area (Å²) in [6, 6.07) is 20.2. The van der Waals surface area contributed by atoms with Gasteiger partial charge in [0.2, 0.25) is 0 Å². The molecular formula is C21H24N2O3. The van der Waals surface area contributed by atoms with E-state index < -0.39 is 0 Å². The minimum Gasteiger partial charge on any atom is -0.394 e. The quantitative estimate of drug-likeness (QED) is 0.569. The zero-order chi connectivity index (χ0) is 18.0. The van der Waals surface area contributed by atoms with Gasteiger partial charge in [-0.25, -0.2) is 4.98 Å². The molecule has 3 rings (SSSR count). The molecule has 0 atom stereocenters. The predicted octanol–water partition coefficient (Wildman–Crippen LogP) is 3.28. The van der Waals surface area contributed by atoms with Crippen LogP contribution in [-0.2, 0) is 29.2 Å². The van der Waals surface area contributed by atoms with E-state index in [0.717, 1.165) is 22.5 Å². The van der Waals surface area contributed by atoms with E-state index in [1.54, 1.807) is 0 Å². The number of rotatable bonds is 10. The summed E-state index contributed by atoms with van der Waals surface area (Å²) in [5.41, 5.74) is 4.17. The third kappa shape index (κ3) is 5.02. The normalized spacial score (nSPS) is 11.0. The highest BCUT2D eigenvalue weighted by molar-refractivity contribution is 5.61. The van der Waals surface area contributed by atoms with E-state index in [4.69, 9.17) is 14.6 Å². The van der Waals surface area contributed by atoms with E-state index in [-0.39, 0.29) is 6.61 Å². The third-order valence-electron chi connectivity index (χ3n) is 4.06. The van der Waals surface area contributed by atoms with Gasteiger partial charge in [-0.1, -0.05) is 60.7 Å². The molecule has 1 heterocycles. The summed E-state index contributed by atoms with van der Waals surface area (Å²) in [5.74, 6) is 0. The molecule has 0 radical (unpaired) electrons. The molecule has 1 N–H and O–H groups in total. The topological polar surface area (TPSA) is 56.5 Å². The zero-order valence-electron chi connectivity index (χ0n) is 14.8. The van der Waals surface area contributed by atoms with Crippen LogP contribution < -0.4 is 0 Å². The van der Waals surface area contributed by atoms with Crippen LogP contribution in [0.4, 0.5) is 0 Å². The van der Waals surface area contributed by atoms with Crippen molar-refractivity contribution in [3.8, 4) is 11.3 Å². The Morgan fingerprint density at radius 3 is 2.31 bits per heavy atom. The highest BCUT2D eigenvalue weighted by Gasteiger charge is 2.13. The Bertz CT molecular complexity index is 772. The average Bonchev–Trinajstić information content (AvgIpc) is 3.10. The largest absolute Gasteiger partial charge is 0.394 e. The van der Waals surface area contributed by atoms with Gasteiger partial charge in [-0.05, 0) is 5.56 Å². The van der Waals surface area contributed by atoms with Crippen molar-refractivity contribution in [2.24, 2.45) is 0 Å². The maximum atomic E-state index is 8.83. The summed E-state index contributed by atoms with van der Waals surface area (Å²) in [6.45, 7) is 2.60. The first kappa shape index (κ1) is 18.3. The van der Waals surface area contributed by atoms with Gasteiger partial charge in [-0.15, -0.1) is 0 Å². The van der Waals surface area contributed by atoms with E-state index in [9.17, 15) is 0 Å². The Labute approximate surface area is 153 Å². The molecule has 0 aliphatic rings. The molecule has 0 aliphatic carbocycles. The lowest BCUT2D eigenvalue weighted by Gasteiger charge is -2.11. The number of aliphatic hydroxyl groups is 1. The van der Waals surface area contributed by atoms with E-state index in [0.29, 0.717) is 33.0 Å². The highest BCUT2D eigenvalue weighted by Crippen LogP contribution is 2.23. The second-order valence-corrected chi connectivity index (χ2v) is 5.91. The minimum absolute atomic E-state index is 0.0340. The lowest BCUT2D eigenvalue weighted by molar-refractivity contribution is 0.0817. The van der Waals surface area contributed by atoms with Gasteiger partial charge in [0.15, 0.2) is 0 Å². The molecule has 3 aromatic rings.